The molecule has 3 heteroatoms. The maximum Gasteiger partial charge on any atom is 0.0107 e. The van der Waals surface area contributed by atoms with Crippen molar-refractivity contribution in [3.63, 3.8) is 0 Å². The summed E-state index contributed by atoms with van der Waals surface area (Å²) in [5, 5.41) is 3.68. The highest BCUT2D eigenvalue weighted by molar-refractivity contribution is 4.85. The van der Waals surface area contributed by atoms with Gasteiger partial charge in [0.1, 0.15) is 0 Å². The molecule has 2 aliphatic rings. The molecule has 1 N–H and O–H groups in total. The number of nitrogens with zero attached hydrogens (tertiary/aromatic N) is 2. The molecule has 1 heterocycles. The van der Waals surface area contributed by atoms with Gasteiger partial charge in [0.15, 0.2) is 0 Å². The van der Waals surface area contributed by atoms with Crippen molar-refractivity contribution in [1.82, 2.24) is 15.1 Å². The molecule has 0 aromatic carbocycles. The topological polar surface area (TPSA) is 18.5 Å². The molecule has 2 unspecified atom stereocenters. The van der Waals surface area contributed by atoms with Crippen molar-refractivity contribution < 1.29 is 0 Å². The van der Waals surface area contributed by atoms with Crippen molar-refractivity contribution in [1.29, 1.82) is 0 Å². The summed E-state index contributed by atoms with van der Waals surface area (Å²) < 4.78 is 0. The molecule has 1 saturated carbocycles. The van der Waals surface area contributed by atoms with Crippen LogP contribution in [0.15, 0.2) is 0 Å². The Labute approximate surface area is 119 Å². The van der Waals surface area contributed by atoms with E-state index < -0.39 is 0 Å². The maximum absolute atomic E-state index is 3.68. The molecule has 0 bridgehead atoms. The molecule has 2 fully saturated rings. The predicted molar refractivity (Wildman–Crippen MR) is 82.5 cm³/mol. The fourth-order valence-electron chi connectivity index (χ4n) is 3.95. The van der Waals surface area contributed by atoms with Crippen LogP contribution >= 0.6 is 0 Å². The van der Waals surface area contributed by atoms with Gasteiger partial charge in [-0.25, -0.2) is 0 Å². The zero-order chi connectivity index (χ0) is 13.7. The zero-order valence-electron chi connectivity index (χ0n) is 13.2. The minimum Gasteiger partial charge on any atom is -0.314 e. The second-order valence-electron chi connectivity index (χ2n) is 6.82. The van der Waals surface area contributed by atoms with Crippen LogP contribution in [0.1, 0.15) is 39.0 Å². The van der Waals surface area contributed by atoms with Crippen LogP contribution in [-0.4, -0.2) is 62.7 Å². The third-order valence-electron chi connectivity index (χ3n) is 5.08. The molecule has 2 rings (SSSR count). The molecule has 1 saturated heterocycles. The number of likely N-dealkylation sites (tertiary alicyclic amines) is 1. The molecule has 0 aromatic rings. The minimum atomic E-state index is 0.782. The SMILES string of the molecule is CCNC1CCCC1CN(C)CC1CCN(C)CC1. The normalized spacial score (nSPS) is 30.3. The quantitative estimate of drug-likeness (QED) is 0.794. The molecular weight excluding hydrogens is 234 g/mol. The van der Waals surface area contributed by atoms with Gasteiger partial charge in [0.25, 0.3) is 0 Å². The van der Waals surface area contributed by atoms with Crippen molar-refractivity contribution in [2.24, 2.45) is 11.8 Å². The van der Waals surface area contributed by atoms with Crippen LogP contribution in [0, 0.1) is 11.8 Å². The smallest absolute Gasteiger partial charge is 0.0107 e. The third kappa shape index (κ3) is 4.73. The van der Waals surface area contributed by atoms with E-state index in [9.17, 15) is 0 Å². The van der Waals surface area contributed by atoms with Crippen LogP contribution < -0.4 is 5.32 Å². The van der Waals surface area contributed by atoms with Gasteiger partial charge in [-0.2, -0.15) is 0 Å². The van der Waals surface area contributed by atoms with Crippen LogP contribution in [0.4, 0.5) is 0 Å². The summed E-state index contributed by atoms with van der Waals surface area (Å²) in [4.78, 5) is 5.07. The molecule has 1 aliphatic carbocycles. The van der Waals surface area contributed by atoms with Crippen molar-refractivity contribution in [2.45, 2.75) is 45.1 Å². The summed E-state index contributed by atoms with van der Waals surface area (Å²) in [7, 11) is 4.58. The van der Waals surface area contributed by atoms with Gasteiger partial charge in [-0.05, 0) is 71.2 Å². The molecule has 0 radical (unpaired) electrons. The lowest BCUT2D eigenvalue weighted by Gasteiger charge is -2.33. The Morgan fingerprint density at radius 2 is 1.84 bits per heavy atom. The summed E-state index contributed by atoms with van der Waals surface area (Å²) in [5.74, 6) is 1.82. The average Bonchev–Trinajstić information content (AvgIpc) is 2.80. The Morgan fingerprint density at radius 3 is 2.53 bits per heavy atom. The lowest BCUT2D eigenvalue weighted by atomic mass is 9.95. The van der Waals surface area contributed by atoms with Crippen LogP contribution in [0.2, 0.25) is 0 Å². The van der Waals surface area contributed by atoms with E-state index in [4.69, 9.17) is 0 Å². The van der Waals surface area contributed by atoms with Crippen molar-refractivity contribution in [3.05, 3.63) is 0 Å². The van der Waals surface area contributed by atoms with E-state index in [1.807, 2.05) is 0 Å². The van der Waals surface area contributed by atoms with Crippen LogP contribution in [0.25, 0.3) is 0 Å². The first kappa shape index (κ1) is 15.3. The number of nitrogens with one attached hydrogen (secondary N) is 1. The predicted octanol–water partition coefficient (Wildman–Crippen LogP) is 2.04. The highest BCUT2D eigenvalue weighted by atomic mass is 15.1. The molecule has 3 nitrogen and oxygen atoms in total. The van der Waals surface area contributed by atoms with Gasteiger partial charge in [-0.15, -0.1) is 0 Å². The number of piperidine rings is 1. The zero-order valence-corrected chi connectivity index (χ0v) is 13.2. The highest BCUT2D eigenvalue weighted by Crippen LogP contribution is 2.27. The largest absolute Gasteiger partial charge is 0.314 e. The van der Waals surface area contributed by atoms with Crippen LogP contribution in [0.5, 0.6) is 0 Å². The molecule has 2 atom stereocenters. The van der Waals surface area contributed by atoms with E-state index in [1.165, 1.54) is 58.3 Å². The second-order valence-corrected chi connectivity index (χ2v) is 6.82. The summed E-state index contributed by atoms with van der Waals surface area (Å²) in [6.07, 6.45) is 7.02. The lowest BCUT2D eigenvalue weighted by Crippen LogP contribution is -2.41. The first-order chi connectivity index (χ1) is 9.19. The van der Waals surface area contributed by atoms with Crippen LogP contribution in [-0.2, 0) is 0 Å². The van der Waals surface area contributed by atoms with Gasteiger partial charge in [0, 0.05) is 19.1 Å². The van der Waals surface area contributed by atoms with Crippen molar-refractivity contribution >= 4 is 0 Å². The maximum atomic E-state index is 3.68. The Balaban J connectivity index is 1.70. The van der Waals surface area contributed by atoms with E-state index in [1.54, 1.807) is 0 Å². The summed E-state index contributed by atoms with van der Waals surface area (Å²) in [6, 6.07) is 0.782. The van der Waals surface area contributed by atoms with E-state index in [0.29, 0.717) is 0 Å². The molecular formula is C16H33N3. The summed E-state index contributed by atoms with van der Waals surface area (Å²) >= 11 is 0. The van der Waals surface area contributed by atoms with Gasteiger partial charge >= 0.3 is 0 Å². The van der Waals surface area contributed by atoms with E-state index in [2.05, 4.69) is 36.1 Å². The summed E-state index contributed by atoms with van der Waals surface area (Å²) in [5.41, 5.74) is 0. The lowest BCUT2D eigenvalue weighted by molar-refractivity contribution is 0.161. The van der Waals surface area contributed by atoms with Crippen LogP contribution in [0.3, 0.4) is 0 Å². The fraction of sp³-hybridized carbons (Fsp3) is 1.00. The monoisotopic (exact) mass is 267 g/mol. The molecule has 0 aromatic heterocycles. The summed E-state index contributed by atoms with van der Waals surface area (Å²) in [6.45, 7) is 8.55. The third-order valence-corrected chi connectivity index (χ3v) is 5.08. The Morgan fingerprint density at radius 1 is 1.11 bits per heavy atom. The van der Waals surface area contributed by atoms with Gasteiger partial charge < -0.3 is 15.1 Å². The molecule has 1 aliphatic heterocycles. The molecule has 112 valence electrons. The van der Waals surface area contributed by atoms with Gasteiger partial charge in [0.05, 0.1) is 0 Å². The van der Waals surface area contributed by atoms with Crippen molar-refractivity contribution in [3.8, 4) is 0 Å². The average molecular weight is 267 g/mol. The first-order valence-electron chi connectivity index (χ1n) is 8.29. The molecule has 0 amide bonds. The standard InChI is InChI=1S/C16H33N3/c1-4-17-16-7-5-6-15(16)13-19(3)12-14-8-10-18(2)11-9-14/h14-17H,4-13H2,1-3H3. The Bertz CT molecular complexity index is 248. The number of hydrogen-bond acceptors (Lipinski definition) is 3. The fourth-order valence-corrected chi connectivity index (χ4v) is 3.95. The highest BCUT2D eigenvalue weighted by Gasteiger charge is 2.28. The van der Waals surface area contributed by atoms with Gasteiger partial charge in [0.2, 0.25) is 0 Å². The number of hydrogen-bond donors (Lipinski definition) is 1. The first-order valence-corrected chi connectivity index (χ1v) is 8.29. The van der Waals surface area contributed by atoms with Gasteiger partial charge in [-0.3, -0.25) is 0 Å². The van der Waals surface area contributed by atoms with E-state index >= 15 is 0 Å². The van der Waals surface area contributed by atoms with Crippen molar-refractivity contribution in [2.75, 3.05) is 46.8 Å². The molecule has 19 heavy (non-hydrogen) atoms. The molecule has 0 spiro atoms. The van der Waals surface area contributed by atoms with E-state index in [0.717, 1.165) is 24.4 Å². The second kappa shape index (κ2) is 7.61. The Hall–Kier alpha value is -0.120. The minimum absolute atomic E-state index is 0.782. The van der Waals surface area contributed by atoms with Gasteiger partial charge in [-0.1, -0.05) is 13.3 Å². The number of rotatable bonds is 6. The van der Waals surface area contributed by atoms with E-state index in [-0.39, 0.29) is 0 Å². The Kier molecular flexibility index (Phi) is 6.11.